The summed E-state index contributed by atoms with van der Waals surface area (Å²) in [5.74, 6) is 0.237. The Morgan fingerprint density at radius 1 is 1.80 bits per heavy atom. The highest BCUT2D eigenvalue weighted by atomic mass is 16.5. The maximum Gasteiger partial charge on any atom is 0.231 e. The van der Waals surface area contributed by atoms with Gasteiger partial charge in [-0.15, -0.1) is 0 Å². The predicted molar refractivity (Wildman–Crippen MR) is 35.5 cm³/mol. The van der Waals surface area contributed by atoms with Gasteiger partial charge in [-0.2, -0.15) is 0 Å². The first-order valence-corrected chi connectivity index (χ1v) is 2.89. The van der Waals surface area contributed by atoms with Gasteiger partial charge in [0.2, 0.25) is 11.8 Å². The first-order chi connectivity index (χ1) is 4.68. The van der Waals surface area contributed by atoms with Crippen LogP contribution in [-0.4, -0.2) is 11.1 Å². The second-order valence-corrected chi connectivity index (χ2v) is 2.01. The smallest absolute Gasteiger partial charge is 0.231 e. The molecule has 0 aliphatic heterocycles. The van der Waals surface area contributed by atoms with E-state index in [-0.39, 0.29) is 5.91 Å². The van der Waals surface area contributed by atoms with E-state index >= 15 is 0 Å². The average Bonchev–Trinajstić information content (AvgIpc) is 2.13. The number of aryl methyl sites for hydroxylation is 1. The summed E-state index contributed by atoms with van der Waals surface area (Å²) in [7, 11) is 0. The molecule has 1 aromatic heterocycles. The van der Waals surface area contributed by atoms with Crippen LogP contribution in [0.3, 0.4) is 0 Å². The molecule has 4 heteroatoms. The number of anilines is 1. The van der Waals surface area contributed by atoms with Gasteiger partial charge in [-0.1, -0.05) is 5.16 Å². The predicted octanol–water partition coefficient (Wildman–Crippen LogP) is 0.941. The van der Waals surface area contributed by atoms with Gasteiger partial charge < -0.3 is 4.52 Å². The molecule has 10 heavy (non-hydrogen) atoms. The zero-order valence-electron chi connectivity index (χ0n) is 5.84. The van der Waals surface area contributed by atoms with Crippen molar-refractivity contribution in [2.75, 3.05) is 5.32 Å². The van der Waals surface area contributed by atoms with Crippen molar-refractivity contribution in [1.82, 2.24) is 5.16 Å². The number of hydrogen-bond acceptors (Lipinski definition) is 3. The summed E-state index contributed by atoms with van der Waals surface area (Å²) in [6.45, 7) is 3.20. The Morgan fingerprint density at radius 3 is 2.90 bits per heavy atom. The molecule has 54 valence electrons. The topological polar surface area (TPSA) is 55.1 Å². The van der Waals surface area contributed by atoms with Crippen LogP contribution in [0.15, 0.2) is 10.6 Å². The Balaban J connectivity index is 2.67. The molecular formula is C6H8N2O2. The molecule has 1 aromatic rings. The molecule has 0 spiro atoms. The number of carbonyl (C=O) groups excluding carboxylic acids is 1. The molecule has 1 amide bonds. The minimum Gasteiger partial charge on any atom is -0.338 e. The first-order valence-electron chi connectivity index (χ1n) is 2.89. The minimum absolute atomic E-state index is 0.156. The van der Waals surface area contributed by atoms with Crippen molar-refractivity contribution in [3.63, 3.8) is 0 Å². The fourth-order valence-corrected chi connectivity index (χ4v) is 0.596. The number of carbonyl (C=O) groups is 1. The number of hydrogen-bond donors (Lipinski definition) is 1. The molecule has 0 saturated heterocycles. The van der Waals surface area contributed by atoms with Crippen LogP contribution >= 0.6 is 0 Å². The number of amides is 1. The summed E-state index contributed by atoms with van der Waals surface area (Å²) in [4.78, 5) is 10.4. The monoisotopic (exact) mass is 140 g/mol. The van der Waals surface area contributed by atoms with Gasteiger partial charge in [0.05, 0.1) is 5.69 Å². The lowest BCUT2D eigenvalue weighted by molar-refractivity contribution is -0.114. The first kappa shape index (κ1) is 6.80. The molecule has 0 aliphatic rings. The Morgan fingerprint density at radius 2 is 2.50 bits per heavy atom. The van der Waals surface area contributed by atoms with Gasteiger partial charge in [0, 0.05) is 13.0 Å². The van der Waals surface area contributed by atoms with Crippen molar-refractivity contribution >= 4 is 11.8 Å². The van der Waals surface area contributed by atoms with Gasteiger partial charge in [0.15, 0.2) is 0 Å². The van der Waals surface area contributed by atoms with Crippen LogP contribution in [0.2, 0.25) is 0 Å². The lowest BCUT2D eigenvalue weighted by Gasteiger charge is -1.90. The molecule has 0 aliphatic carbocycles. The van der Waals surface area contributed by atoms with E-state index in [0.717, 1.165) is 5.69 Å². The molecule has 0 saturated carbocycles. The summed E-state index contributed by atoms with van der Waals surface area (Å²) >= 11 is 0. The third kappa shape index (κ3) is 1.58. The van der Waals surface area contributed by atoms with Crippen LogP contribution in [-0.2, 0) is 4.79 Å². The van der Waals surface area contributed by atoms with Crippen molar-refractivity contribution in [2.45, 2.75) is 13.8 Å². The van der Waals surface area contributed by atoms with E-state index in [9.17, 15) is 4.79 Å². The van der Waals surface area contributed by atoms with Gasteiger partial charge in [0.1, 0.15) is 0 Å². The van der Waals surface area contributed by atoms with E-state index in [4.69, 9.17) is 4.52 Å². The van der Waals surface area contributed by atoms with Crippen molar-refractivity contribution in [3.8, 4) is 0 Å². The maximum atomic E-state index is 10.4. The number of nitrogens with zero attached hydrogens (tertiary/aromatic N) is 1. The molecular weight excluding hydrogens is 132 g/mol. The molecule has 1 heterocycles. The molecule has 0 bridgehead atoms. The standard InChI is InChI=1S/C6H8N2O2/c1-4-3-6(10-8-4)7-5(2)9/h3H,1-2H3,(H,7,9). The third-order valence-electron chi connectivity index (χ3n) is 0.927. The van der Waals surface area contributed by atoms with Crippen molar-refractivity contribution < 1.29 is 9.32 Å². The van der Waals surface area contributed by atoms with E-state index in [1.54, 1.807) is 13.0 Å². The fourth-order valence-electron chi connectivity index (χ4n) is 0.596. The molecule has 0 fully saturated rings. The van der Waals surface area contributed by atoms with Crippen molar-refractivity contribution in [3.05, 3.63) is 11.8 Å². The van der Waals surface area contributed by atoms with Crippen LogP contribution in [0.4, 0.5) is 5.88 Å². The molecule has 0 unspecified atom stereocenters. The summed E-state index contributed by atoms with van der Waals surface area (Å²) in [6.07, 6.45) is 0. The van der Waals surface area contributed by atoms with E-state index in [2.05, 4.69) is 10.5 Å². The van der Waals surface area contributed by atoms with Crippen molar-refractivity contribution in [1.29, 1.82) is 0 Å². The largest absolute Gasteiger partial charge is 0.338 e. The van der Waals surface area contributed by atoms with Crippen LogP contribution < -0.4 is 5.32 Å². The van der Waals surface area contributed by atoms with Crippen molar-refractivity contribution in [2.24, 2.45) is 0 Å². The summed E-state index contributed by atoms with van der Waals surface area (Å²) in [5.41, 5.74) is 0.753. The van der Waals surface area contributed by atoms with E-state index in [0.29, 0.717) is 5.88 Å². The summed E-state index contributed by atoms with van der Waals surface area (Å²) in [6, 6.07) is 1.65. The normalized spacial score (nSPS) is 9.40. The van der Waals surface area contributed by atoms with Gasteiger partial charge in [-0.25, -0.2) is 0 Å². The van der Waals surface area contributed by atoms with E-state index in [1.807, 2.05) is 0 Å². The quantitative estimate of drug-likeness (QED) is 0.631. The van der Waals surface area contributed by atoms with Crippen LogP contribution in [0.25, 0.3) is 0 Å². The average molecular weight is 140 g/mol. The number of nitrogens with one attached hydrogen (secondary N) is 1. The SMILES string of the molecule is CC(=O)Nc1cc(C)no1. The Kier molecular flexibility index (Phi) is 1.71. The van der Waals surface area contributed by atoms with E-state index in [1.165, 1.54) is 6.92 Å². The van der Waals surface area contributed by atoms with Crippen LogP contribution in [0, 0.1) is 6.92 Å². The Bertz CT molecular complexity index is 242. The van der Waals surface area contributed by atoms with Gasteiger partial charge in [0.25, 0.3) is 0 Å². The lowest BCUT2D eigenvalue weighted by atomic mass is 10.5. The summed E-state index contributed by atoms with van der Waals surface area (Å²) in [5, 5.41) is 6.04. The summed E-state index contributed by atoms with van der Waals surface area (Å²) < 4.78 is 4.69. The van der Waals surface area contributed by atoms with Gasteiger partial charge >= 0.3 is 0 Å². The van der Waals surface area contributed by atoms with Crippen LogP contribution in [0.1, 0.15) is 12.6 Å². The number of aromatic nitrogens is 1. The zero-order chi connectivity index (χ0) is 7.56. The molecule has 1 rings (SSSR count). The highest BCUT2D eigenvalue weighted by Gasteiger charge is 1.99. The molecule has 4 nitrogen and oxygen atoms in total. The second kappa shape index (κ2) is 2.51. The molecule has 1 N–H and O–H groups in total. The molecule has 0 atom stereocenters. The Hall–Kier alpha value is -1.32. The fraction of sp³-hybridized carbons (Fsp3) is 0.333. The second-order valence-electron chi connectivity index (χ2n) is 2.01. The van der Waals surface area contributed by atoms with Gasteiger partial charge in [-0.05, 0) is 6.92 Å². The molecule has 0 aromatic carbocycles. The zero-order valence-corrected chi connectivity index (χ0v) is 5.84. The minimum atomic E-state index is -0.156. The maximum absolute atomic E-state index is 10.4. The highest BCUT2D eigenvalue weighted by Crippen LogP contribution is 2.07. The molecule has 0 radical (unpaired) electrons. The van der Waals surface area contributed by atoms with E-state index < -0.39 is 0 Å². The third-order valence-corrected chi connectivity index (χ3v) is 0.927. The Labute approximate surface area is 58.2 Å². The lowest BCUT2D eigenvalue weighted by Crippen LogP contribution is -2.04. The highest BCUT2D eigenvalue weighted by molar-refractivity contribution is 5.87. The number of rotatable bonds is 1. The van der Waals surface area contributed by atoms with Crippen LogP contribution in [0.5, 0.6) is 0 Å². The van der Waals surface area contributed by atoms with Gasteiger partial charge in [-0.3, -0.25) is 10.1 Å².